The number of rotatable bonds is 4. The molecule has 0 aliphatic carbocycles. The Bertz CT molecular complexity index is 365. The minimum Gasteiger partial charge on any atom is -0.390 e. The van der Waals surface area contributed by atoms with E-state index in [4.69, 9.17) is 5.26 Å². The fourth-order valence-electron chi connectivity index (χ4n) is 1.15. The average Bonchev–Trinajstić information content (AvgIpc) is 2.28. The molecule has 2 unspecified atom stereocenters. The highest BCUT2D eigenvalue weighted by atomic mass is 79.9. The van der Waals surface area contributed by atoms with Crippen molar-refractivity contribution in [2.24, 2.45) is 0 Å². The highest BCUT2D eigenvalue weighted by molar-refractivity contribution is 9.09. The monoisotopic (exact) mass is 270 g/mol. The third kappa shape index (κ3) is 3.27. The van der Waals surface area contributed by atoms with E-state index in [2.05, 4.69) is 20.9 Å². The largest absolute Gasteiger partial charge is 0.390 e. The van der Waals surface area contributed by atoms with Crippen molar-refractivity contribution in [3.05, 3.63) is 29.6 Å². The second kappa shape index (κ2) is 5.81. The molecule has 1 rings (SSSR count). The Morgan fingerprint density at radius 3 is 2.87 bits per heavy atom. The van der Waals surface area contributed by atoms with E-state index in [1.165, 1.54) is 12.3 Å². The molecule has 0 amide bonds. The SMILES string of the molecule is N#Cc1ccnc(C(O)C(O)CCBr)c1. The lowest BCUT2D eigenvalue weighted by Crippen LogP contribution is -2.19. The lowest BCUT2D eigenvalue weighted by atomic mass is 10.1. The molecule has 0 fully saturated rings. The summed E-state index contributed by atoms with van der Waals surface area (Å²) in [5.41, 5.74) is 0.743. The molecule has 0 radical (unpaired) electrons. The van der Waals surface area contributed by atoms with E-state index >= 15 is 0 Å². The predicted molar refractivity (Wildman–Crippen MR) is 58.3 cm³/mol. The number of nitriles is 1. The van der Waals surface area contributed by atoms with Gasteiger partial charge in [-0.15, -0.1) is 0 Å². The lowest BCUT2D eigenvalue weighted by molar-refractivity contribution is 0.0148. The summed E-state index contributed by atoms with van der Waals surface area (Å²) in [6.45, 7) is 0. The van der Waals surface area contributed by atoms with E-state index in [1.54, 1.807) is 6.07 Å². The highest BCUT2D eigenvalue weighted by Gasteiger charge is 2.18. The first kappa shape index (κ1) is 12.1. The summed E-state index contributed by atoms with van der Waals surface area (Å²) in [5, 5.41) is 28.5. The highest BCUT2D eigenvalue weighted by Crippen LogP contribution is 2.18. The van der Waals surface area contributed by atoms with Crippen LogP contribution in [0.4, 0.5) is 0 Å². The maximum absolute atomic E-state index is 9.70. The molecular weight excluding hydrogens is 260 g/mol. The van der Waals surface area contributed by atoms with Crippen LogP contribution >= 0.6 is 15.9 Å². The maximum atomic E-state index is 9.70. The van der Waals surface area contributed by atoms with Crippen molar-refractivity contribution in [3.8, 4) is 6.07 Å². The third-order valence-corrected chi connectivity index (χ3v) is 2.44. The van der Waals surface area contributed by atoms with Crippen molar-refractivity contribution in [2.75, 3.05) is 5.33 Å². The zero-order chi connectivity index (χ0) is 11.3. The minimum absolute atomic E-state index is 0.322. The minimum atomic E-state index is -1.05. The maximum Gasteiger partial charge on any atom is 0.122 e. The van der Waals surface area contributed by atoms with E-state index in [0.29, 0.717) is 23.0 Å². The molecule has 5 heteroatoms. The summed E-state index contributed by atoms with van der Waals surface area (Å²) in [7, 11) is 0. The van der Waals surface area contributed by atoms with Gasteiger partial charge in [0.2, 0.25) is 0 Å². The summed E-state index contributed by atoms with van der Waals surface area (Å²) < 4.78 is 0. The molecule has 0 saturated heterocycles. The number of nitrogens with zero attached hydrogens (tertiary/aromatic N) is 2. The number of aromatic nitrogens is 1. The van der Waals surface area contributed by atoms with Gasteiger partial charge in [0.25, 0.3) is 0 Å². The number of aliphatic hydroxyl groups is 2. The Hall–Kier alpha value is -0.960. The Morgan fingerprint density at radius 1 is 1.53 bits per heavy atom. The fraction of sp³-hybridized carbons (Fsp3) is 0.400. The van der Waals surface area contributed by atoms with Gasteiger partial charge in [-0.25, -0.2) is 0 Å². The van der Waals surface area contributed by atoms with Gasteiger partial charge >= 0.3 is 0 Å². The number of hydrogen-bond acceptors (Lipinski definition) is 4. The first-order chi connectivity index (χ1) is 7.19. The summed E-state index contributed by atoms with van der Waals surface area (Å²) in [6, 6.07) is 4.97. The normalized spacial score (nSPS) is 14.3. The molecule has 4 nitrogen and oxygen atoms in total. The van der Waals surface area contributed by atoms with Gasteiger partial charge in [-0.2, -0.15) is 5.26 Å². The summed E-state index contributed by atoms with van der Waals surface area (Å²) in [5.74, 6) is 0. The van der Waals surface area contributed by atoms with Gasteiger partial charge in [0.15, 0.2) is 0 Å². The number of alkyl halides is 1. The molecule has 1 heterocycles. The standard InChI is InChI=1S/C10H11BrN2O2/c11-3-1-9(14)10(15)8-5-7(6-12)2-4-13-8/h2,4-5,9-10,14-15H,1,3H2. The lowest BCUT2D eigenvalue weighted by Gasteiger charge is -2.16. The molecular formula is C10H11BrN2O2. The van der Waals surface area contributed by atoms with Crippen molar-refractivity contribution < 1.29 is 10.2 Å². The van der Waals surface area contributed by atoms with Gasteiger partial charge < -0.3 is 10.2 Å². The third-order valence-electron chi connectivity index (χ3n) is 1.98. The van der Waals surface area contributed by atoms with E-state index in [-0.39, 0.29) is 0 Å². The van der Waals surface area contributed by atoms with Crippen LogP contribution in [-0.4, -0.2) is 26.6 Å². The van der Waals surface area contributed by atoms with Crippen LogP contribution in [0.15, 0.2) is 18.3 Å². The van der Waals surface area contributed by atoms with Crippen molar-refractivity contribution in [1.29, 1.82) is 5.26 Å². The molecule has 0 spiro atoms. The van der Waals surface area contributed by atoms with Gasteiger partial charge in [-0.3, -0.25) is 4.98 Å². The molecule has 0 aliphatic rings. The number of hydrogen-bond donors (Lipinski definition) is 2. The van der Waals surface area contributed by atoms with E-state index < -0.39 is 12.2 Å². The van der Waals surface area contributed by atoms with Crippen LogP contribution in [-0.2, 0) is 0 Å². The Morgan fingerprint density at radius 2 is 2.27 bits per heavy atom. The van der Waals surface area contributed by atoms with E-state index in [9.17, 15) is 10.2 Å². The summed E-state index contributed by atoms with van der Waals surface area (Å²) >= 11 is 3.18. The Labute approximate surface area is 96.3 Å². The van der Waals surface area contributed by atoms with Crippen molar-refractivity contribution in [2.45, 2.75) is 18.6 Å². The van der Waals surface area contributed by atoms with Crippen LogP contribution in [0.25, 0.3) is 0 Å². The Balaban J connectivity index is 2.82. The summed E-state index contributed by atoms with van der Waals surface area (Å²) in [6.07, 6.45) is -0.0425. The predicted octanol–water partition coefficient (Wildman–Crippen LogP) is 1.13. The smallest absolute Gasteiger partial charge is 0.122 e. The zero-order valence-electron chi connectivity index (χ0n) is 7.97. The number of aliphatic hydroxyl groups excluding tert-OH is 2. The molecule has 0 aliphatic heterocycles. The quantitative estimate of drug-likeness (QED) is 0.805. The van der Waals surface area contributed by atoms with Gasteiger partial charge in [-0.1, -0.05) is 15.9 Å². The van der Waals surface area contributed by atoms with Crippen LogP contribution in [0.3, 0.4) is 0 Å². The molecule has 0 aromatic carbocycles. The summed E-state index contributed by atoms with van der Waals surface area (Å²) in [4.78, 5) is 3.91. The first-order valence-corrected chi connectivity index (χ1v) is 5.59. The van der Waals surface area contributed by atoms with Crippen LogP contribution in [0.5, 0.6) is 0 Å². The molecule has 15 heavy (non-hydrogen) atoms. The van der Waals surface area contributed by atoms with Crippen molar-refractivity contribution >= 4 is 15.9 Å². The van der Waals surface area contributed by atoms with Crippen LogP contribution in [0, 0.1) is 11.3 Å². The van der Waals surface area contributed by atoms with Crippen LogP contribution in [0.2, 0.25) is 0 Å². The van der Waals surface area contributed by atoms with Gasteiger partial charge in [0.1, 0.15) is 6.10 Å². The van der Waals surface area contributed by atoms with Crippen molar-refractivity contribution in [3.63, 3.8) is 0 Å². The Kier molecular flexibility index (Phi) is 4.69. The number of halogens is 1. The first-order valence-electron chi connectivity index (χ1n) is 4.47. The van der Waals surface area contributed by atoms with Gasteiger partial charge in [-0.05, 0) is 18.6 Å². The zero-order valence-corrected chi connectivity index (χ0v) is 9.55. The van der Waals surface area contributed by atoms with Crippen LogP contribution < -0.4 is 0 Å². The molecule has 0 saturated carbocycles. The van der Waals surface area contributed by atoms with Crippen LogP contribution in [0.1, 0.15) is 23.8 Å². The molecule has 2 N–H and O–H groups in total. The average molecular weight is 271 g/mol. The van der Waals surface area contributed by atoms with E-state index in [0.717, 1.165) is 0 Å². The van der Waals surface area contributed by atoms with Crippen molar-refractivity contribution in [1.82, 2.24) is 4.98 Å². The van der Waals surface area contributed by atoms with Gasteiger partial charge in [0, 0.05) is 11.5 Å². The molecule has 2 atom stereocenters. The molecule has 1 aromatic heterocycles. The van der Waals surface area contributed by atoms with E-state index in [1.807, 2.05) is 6.07 Å². The molecule has 0 bridgehead atoms. The topological polar surface area (TPSA) is 77.1 Å². The second-order valence-corrected chi connectivity index (χ2v) is 3.86. The van der Waals surface area contributed by atoms with Gasteiger partial charge in [0.05, 0.1) is 23.4 Å². The molecule has 80 valence electrons. The second-order valence-electron chi connectivity index (χ2n) is 3.07. The number of pyridine rings is 1. The fourth-order valence-corrected chi connectivity index (χ4v) is 1.62. The molecule has 1 aromatic rings.